The predicted octanol–water partition coefficient (Wildman–Crippen LogP) is 1.82. The summed E-state index contributed by atoms with van der Waals surface area (Å²) in [5.74, 6) is 0.948. The summed E-state index contributed by atoms with van der Waals surface area (Å²) in [6.45, 7) is 3.29. The largest absolute Gasteiger partial charge is 0.390 e. The Kier molecular flexibility index (Phi) is 2.52. The van der Waals surface area contributed by atoms with Crippen LogP contribution in [-0.2, 0) is 6.61 Å². The Morgan fingerprint density at radius 3 is 3.06 bits per heavy atom. The summed E-state index contributed by atoms with van der Waals surface area (Å²) in [4.78, 5) is 6.95. The molecule has 2 aromatic heterocycles. The van der Waals surface area contributed by atoms with Crippen LogP contribution in [0.25, 0.3) is 5.65 Å². The highest BCUT2D eigenvalue weighted by Crippen LogP contribution is 2.28. The average Bonchev–Trinajstić information content (AvgIpc) is 2.91. The van der Waals surface area contributed by atoms with Crippen molar-refractivity contribution in [2.75, 3.05) is 11.4 Å². The molecule has 1 aliphatic heterocycles. The smallest absolute Gasteiger partial charge is 0.153 e. The van der Waals surface area contributed by atoms with E-state index >= 15 is 0 Å². The van der Waals surface area contributed by atoms with Crippen molar-refractivity contribution < 1.29 is 5.11 Å². The molecule has 90 valence electrons. The van der Waals surface area contributed by atoms with Gasteiger partial charge in [0.25, 0.3) is 0 Å². The second kappa shape index (κ2) is 4.04. The lowest BCUT2D eigenvalue weighted by Gasteiger charge is -2.22. The maximum Gasteiger partial charge on any atom is 0.153 e. The van der Waals surface area contributed by atoms with E-state index in [1.54, 1.807) is 0 Å². The molecule has 1 aliphatic rings. The van der Waals surface area contributed by atoms with Gasteiger partial charge in [-0.3, -0.25) is 4.40 Å². The number of imidazole rings is 1. The summed E-state index contributed by atoms with van der Waals surface area (Å²) in [5, 5.41) is 9.56. The first kappa shape index (κ1) is 10.6. The molecule has 1 fully saturated rings. The van der Waals surface area contributed by atoms with E-state index in [4.69, 9.17) is 0 Å². The van der Waals surface area contributed by atoms with Gasteiger partial charge in [0, 0.05) is 18.8 Å². The van der Waals surface area contributed by atoms with Gasteiger partial charge in [0.1, 0.15) is 5.65 Å². The van der Waals surface area contributed by atoms with E-state index in [1.165, 1.54) is 12.8 Å². The molecule has 4 nitrogen and oxygen atoms in total. The highest BCUT2D eigenvalue weighted by molar-refractivity contribution is 5.56. The fourth-order valence-electron chi connectivity index (χ4n) is 2.66. The SMILES string of the molecule is CC1CCCN1c1nc2ccccn2c1CO. The molecule has 2 aromatic rings. The third kappa shape index (κ3) is 1.60. The van der Waals surface area contributed by atoms with Crippen LogP contribution in [-0.4, -0.2) is 27.1 Å². The molecule has 0 saturated carbocycles. The quantitative estimate of drug-likeness (QED) is 0.857. The first-order chi connectivity index (χ1) is 8.31. The van der Waals surface area contributed by atoms with Crippen molar-refractivity contribution in [3.05, 3.63) is 30.1 Å². The van der Waals surface area contributed by atoms with Gasteiger partial charge in [0.15, 0.2) is 5.82 Å². The number of pyridine rings is 1. The molecule has 1 saturated heterocycles. The zero-order chi connectivity index (χ0) is 11.8. The molecule has 3 heterocycles. The molecule has 3 rings (SSSR count). The molecule has 0 aliphatic carbocycles. The third-order valence-electron chi connectivity index (χ3n) is 3.58. The molecule has 17 heavy (non-hydrogen) atoms. The number of nitrogens with zero attached hydrogens (tertiary/aromatic N) is 3. The Balaban J connectivity index is 2.15. The van der Waals surface area contributed by atoms with Gasteiger partial charge in [-0.1, -0.05) is 6.07 Å². The van der Waals surface area contributed by atoms with Crippen molar-refractivity contribution in [2.45, 2.75) is 32.4 Å². The second-order valence-corrected chi connectivity index (χ2v) is 4.65. The number of rotatable bonds is 2. The Labute approximate surface area is 101 Å². The second-order valence-electron chi connectivity index (χ2n) is 4.65. The third-order valence-corrected chi connectivity index (χ3v) is 3.58. The maximum absolute atomic E-state index is 9.56. The average molecular weight is 231 g/mol. The van der Waals surface area contributed by atoms with Crippen LogP contribution in [0.1, 0.15) is 25.5 Å². The molecule has 1 N–H and O–H groups in total. The Morgan fingerprint density at radius 1 is 1.47 bits per heavy atom. The van der Waals surface area contributed by atoms with Crippen LogP contribution in [0.2, 0.25) is 0 Å². The Hall–Kier alpha value is -1.55. The van der Waals surface area contributed by atoms with Crippen LogP contribution in [0.5, 0.6) is 0 Å². The number of aliphatic hydroxyl groups excluding tert-OH is 1. The van der Waals surface area contributed by atoms with Crippen molar-refractivity contribution in [3.8, 4) is 0 Å². The van der Waals surface area contributed by atoms with E-state index in [-0.39, 0.29) is 6.61 Å². The molecule has 0 amide bonds. The number of hydrogen-bond acceptors (Lipinski definition) is 3. The standard InChI is InChI=1S/C13H17N3O/c1-10-5-4-8-15(10)13-11(9-17)16-7-3-2-6-12(16)14-13/h2-3,6-7,10,17H,4-5,8-9H2,1H3. The van der Waals surface area contributed by atoms with Crippen LogP contribution in [0.15, 0.2) is 24.4 Å². The van der Waals surface area contributed by atoms with Gasteiger partial charge < -0.3 is 10.0 Å². The molecule has 4 heteroatoms. The molecule has 1 atom stereocenters. The van der Waals surface area contributed by atoms with Gasteiger partial charge in [-0.15, -0.1) is 0 Å². The fourth-order valence-corrected chi connectivity index (χ4v) is 2.66. The van der Waals surface area contributed by atoms with Gasteiger partial charge in [0.05, 0.1) is 12.3 Å². The lowest BCUT2D eigenvalue weighted by molar-refractivity contribution is 0.276. The molecule has 1 unspecified atom stereocenters. The summed E-state index contributed by atoms with van der Waals surface area (Å²) >= 11 is 0. The van der Waals surface area contributed by atoms with E-state index < -0.39 is 0 Å². The van der Waals surface area contributed by atoms with Gasteiger partial charge in [-0.05, 0) is 31.9 Å². The highest BCUT2D eigenvalue weighted by Gasteiger charge is 2.25. The zero-order valence-electron chi connectivity index (χ0n) is 10.0. The Morgan fingerprint density at radius 2 is 2.35 bits per heavy atom. The van der Waals surface area contributed by atoms with E-state index in [9.17, 15) is 5.11 Å². The summed E-state index contributed by atoms with van der Waals surface area (Å²) < 4.78 is 1.97. The van der Waals surface area contributed by atoms with Gasteiger partial charge in [0.2, 0.25) is 0 Å². The molecular formula is C13H17N3O. The van der Waals surface area contributed by atoms with E-state index in [2.05, 4.69) is 16.8 Å². The minimum atomic E-state index is 0.0315. The number of aliphatic hydroxyl groups is 1. The van der Waals surface area contributed by atoms with Crippen molar-refractivity contribution in [1.82, 2.24) is 9.38 Å². The number of fused-ring (bicyclic) bond motifs is 1. The maximum atomic E-state index is 9.56. The summed E-state index contributed by atoms with van der Waals surface area (Å²) in [6, 6.07) is 6.43. The number of hydrogen-bond donors (Lipinski definition) is 1. The van der Waals surface area contributed by atoms with E-state index in [0.717, 1.165) is 23.7 Å². The lowest BCUT2D eigenvalue weighted by Crippen LogP contribution is -2.27. The minimum absolute atomic E-state index is 0.0315. The summed E-state index contributed by atoms with van der Waals surface area (Å²) in [5.41, 5.74) is 1.81. The van der Waals surface area contributed by atoms with Crippen molar-refractivity contribution in [2.24, 2.45) is 0 Å². The predicted molar refractivity (Wildman–Crippen MR) is 67.2 cm³/mol. The van der Waals surface area contributed by atoms with Crippen molar-refractivity contribution >= 4 is 11.5 Å². The van der Waals surface area contributed by atoms with Crippen LogP contribution in [0.3, 0.4) is 0 Å². The molecule has 0 radical (unpaired) electrons. The van der Waals surface area contributed by atoms with Crippen molar-refractivity contribution in [1.29, 1.82) is 0 Å². The Bertz CT molecular complexity index is 534. The van der Waals surface area contributed by atoms with E-state index in [0.29, 0.717) is 6.04 Å². The topological polar surface area (TPSA) is 40.8 Å². The van der Waals surface area contributed by atoms with E-state index in [1.807, 2.05) is 28.8 Å². The number of aromatic nitrogens is 2. The molecule has 0 bridgehead atoms. The fraction of sp³-hybridized carbons (Fsp3) is 0.462. The molecule has 0 aromatic carbocycles. The number of anilines is 1. The first-order valence-corrected chi connectivity index (χ1v) is 6.14. The molecular weight excluding hydrogens is 214 g/mol. The highest BCUT2D eigenvalue weighted by atomic mass is 16.3. The monoisotopic (exact) mass is 231 g/mol. The first-order valence-electron chi connectivity index (χ1n) is 6.14. The van der Waals surface area contributed by atoms with Gasteiger partial charge in [-0.2, -0.15) is 0 Å². The normalized spacial score (nSPS) is 20.4. The van der Waals surface area contributed by atoms with Crippen molar-refractivity contribution in [3.63, 3.8) is 0 Å². The zero-order valence-corrected chi connectivity index (χ0v) is 10.0. The lowest BCUT2D eigenvalue weighted by atomic mass is 10.2. The minimum Gasteiger partial charge on any atom is -0.390 e. The van der Waals surface area contributed by atoms with Crippen LogP contribution < -0.4 is 4.90 Å². The van der Waals surface area contributed by atoms with Gasteiger partial charge in [-0.25, -0.2) is 4.98 Å². The van der Waals surface area contributed by atoms with Crippen LogP contribution >= 0.6 is 0 Å². The van der Waals surface area contributed by atoms with Crippen LogP contribution in [0.4, 0.5) is 5.82 Å². The summed E-state index contributed by atoms with van der Waals surface area (Å²) in [7, 11) is 0. The molecule has 0 spiro atoms. The summed E-state index contributed by atoms with van der Waals surface area (Å²) in [6.07, 6.45) is 4.37. The van der Waals surface area contributed by atoms with Crippen LogP contribution in [0, 0.1) is 0 Å². The van der Waals surface area contributed by atoms with Gasteiger partial charge >= 0.3 is 0 Å².